The van der Waals surface area contributed by atoms with Gasteiger partial charge < -0.3 is 5.32 Å². The zero-order valence-corrected chi connectivity index (χ0v) is 13.1. The van der Waals surface area contributed by atoms with E-state index in [0.29, 0.717) is 16.9 Å². The molecule has 0 spiro atoms. The van der Waals surface area contributed by atoms with E-state index >= 15 is 0 Å². The first-order valence-electron chi connectivity index (χ1n) is 7.18. The highest BCUT2D eigenvalue weighted by Gasteiger charge is 2.30. The summed E-state index contributed by atoms with van der Waals surface area (Å²) in [6.07, 6.45) is 0.402. The van der Waals surface area contributed by atoms with Gasteiger partial charge in [0.15, 0.2) is 0 Å². The molecule has 2 aromatic rings. The van der Waals surface area contributed by atoms with Crippen molar-refractivity contribution < 1.29 is 18.8 Å². The van der Waals surface area contributed by atoms with E-state index in [9.17, 15) is 18.8 Å². The average Bonchev–Trinajstić information content (AvgIpc) is 2.90. The van der Waals surface area contributed by atoms with Gasteiger partial charge in [-0.1, -0.05) is 11.6 Å². The van der Waals surface area contributed by atoms with Crippen LogP contribution in [0, 0.1) is 5.82 Å². The van der Waals surface area contributed by atoms with Crippen molar-refractivity contribution in [2.24, 2.45) is 0 Å². The molecule has 122 valence electrons. The molecule has 0 saturated carbocycles. The number of carbonyl (C=O) groups excluding carboxylic acids is 3. The van der Waals surface area contributed by atoms with Gasteiger partial charge in [0.25, 0.3) is 5.91 Å². The normalized spacial score (nSPS) is 14.2. The zero-order valence-electron chi connectivity index (χ0n) is 12.4. The minimum Gasteiger partial charge on any atom is -0.322 e. The second kappa shape index (κ2) is 6.41. The fraction of sp³-hybridized carbons (Fsp3) is 0.118. The molecule has 7 heteroatoms. The number of nitrogens with zero attached hydrogens (tertiary/aromatic N) is 1. The van der Waals surface area contributed by atoms with Gasteiger partial charge in [0.1, 0.15) is 5.82 Å². The van der Waals surface area contributed by atoms with Crippen LogP contribution in [0.3, 0.4) is 0 Å². The molecule has 0 atom stereocenters. The van der Waals surface area contributed by atoms with Gasteiger partial charge in [0.05, 0.1) is 10.7 Å². The van der Waals surface area contributed by atoms with Crippen molar-refractivity contribution >= 4 is 40.7 Å². The Labute approximate surface area is 142 Å². The van der Waals surface area contributed by atoms with Crippen LogP contribution in [-0.4, -0.2) is 17.7 Å². The van der Waals surface area contributed by atoms with Crippen LogP contribution in [0.4, 0.5) is 15.8 Å². The van der Waals surface area contributed by atoms with Gasteiger partial charge in [-0.05, 0) is 42.5 Å². The lowest BCUT2D eigenvalue weighted by Crippen LogP contribution is -2.28. The maximum absolute atomic E-state index is 13.1. The largest absolute Gasteiger partial charge is 0.322 e. The van der Waals surface area contributed by atoms with Gasteiger partial charge in [-0.15, -0.1) is 0 Å². The number of hydrogen-bond donors (Lipinski definition) is 1. The van der Waals surface area contributed by atoms with Crippen molar-refractivity contribution in [1.82, 2.24) is 0 Å². The van der Waals surface area contributed by atoms with Crippen LogP contribution in [0.25, 0.3) is 0 Å². The van der Waals surface area contributed by atoms with E-state index in [1.807, 2.05) is 0 Å². The molecule has 0 aliphatic carbocycles. The number of imide groups is 1. The van der Waals surface area contributed by atoms with Crippen LogP contribution < -0.4 is 10.2 Å². The molecule has 1 heterocycles. The van der Waals surface area contributed by atoms with Crippen LogP contribution in [0.1, 0.15) is 23.2 Å². The monoisotopic (exact) mass is 346 g/mol. The van der Waals surface area contributed by atoms with E-state index < -0.39 is 11.7 Å². The molecule has 0 radical (unpaired) electrons. The molecule has 0 bridgehead atoms. The third kappa shape index (κ3) is 3.14. The molecule has 0 unspecified atom stereocenters. The molecule has 1 fully saturated rings. The Morgan fingerprint density at radius 1 is 1.04 bits per heavy atom. The first-order chi connectivity index (χ1) is 11.5. The van der Waals surface area contributed by atoms with Crippen LogP contribution in [0.2, 0.25) is 5.02 Å². The Morgan fingerprint density at radius 2 is 1.67 bits per heavy atom. The predicted octanol–water partition coefficient (Wildman–Crippen LogP) is 3.38. The summed E-state index contributed by atoms with van der Waals surface area (Å²) in [7, 11) is 0. The smallest absolute Gasteiger partial charge is 0.255 e. The highest BCUT2D eigenvalue weighted by molar-refractivity contribution is 6.31. The van der Waals surface area contributed by atoms with Crippen molar-refractivity contribution in [3.63, 3.8) is 0 Å². The fourth-order valence-electron chi connectivity index (χ4n) is 2.40. The molecule has 2 aromatic carbocycles. The van der Waals surface area contributed by atoms with Gasteiger partial charge in [-0.2, -0.15) is 0 Å². The SMILES string of the molecule is O=C(Nc1ccc(F)c(Cl)c1)c1ccc(N2C(=O)CCC2=O)cc1. The standard InChI is InChI=1S/C17H12ClFN2O3/c18-13-9-11(3-6-14(13)19)20-17(24)10-1-4-12(5-2-10)21-15(22)7-8-16(21)23/h1-6,9H,7-8H2,(H,20,24). The Balaban J connectivity index is 1.75. The molecule has 1 aliphatic rings. The molecule has 1 N–H and O–H groups in total. The molecular formula is C17H12ClFN2O3. The minimum atomic E-state index is -0.570. The Morgan fingerprint density at radius 3 is 2.25 bits per heavy atom. The van der Waals surface area contributed by atoms with Crippen molar-refractivity contribution in [3.05, 3.63) is 58.9 Å². The quantitative estimate of drug-likeness (QED) is 0.866. The molecule has 3 amide bonds. The van der Waals surface area contributed by atoms with Gasteiger partial charge in [0, 0.05) is 24.1 Å². The van der Waals surface area contributed by atoms with Crippen molar-refractivity contribution in [3.8, 4) is 0 Å². The number of nitrogens with one attached hydrogen (secondary N) is 1. The van der Waals surface area contributed by atoms with Crippen LogP contribution in [0.5, 0.6) is 0 Å². The van der Waals surface area contributed by atoms with Crippen LogP contribution in [0.15, 0.2) is 42.5 Å². The first kappa shape index (κ1) is 16.1. The van der Waals surface area contributed by atoms with Gasteiger partial charge in [-0.3, -0.25) is 19.3 Å². The van der Waals surface area contributed by atoms with Crippen molar-refractivity contribution in [2.45, 2.75) is 12.8 Å². The fourth-order valence-corrected chi connectivity index (χ4v) is 2.58. The lowest BCUT2D eigenvalue weighted by Gasteiger charge is -2.14. The summed E-state index contributed by atoms with van der Waals surface area (Å²) < 4.78 is 13.1. The first-order valence-corrected chi connectivity index (χ1v) is 7.56. The Bertz CT molecular complexity index is 820. The second-order valence-electron chi connectivity index (χ2n) is 5.25. The minimum absolute atomic E-state index is 0.0887. The van der Waals surface area contributed by atoms with Crippen LogP contribution in [-0.2, 0) is 9.59 Å². The van der Waals surface area contributed by atoms with E-state index in [0.717, 1.165) is 11.0 Å². The summed E-state index contributed by atoms with van der Waals surface area (Å²) in [6.45, 7) is 0. The van der Waals surface area contributed by atoms with Crippen molar-refractivity contribution in [1.29, 1.82) is 0 Å². The Kier molecular flexibility index (Phi) is 4.31. The number of benzene rings is 2. The number of rotatable bonds is 3. The number of amides is 3. The van der Waals surface area contributed by atoms with Gasteiger partial charge >= 0.3 is 0 Å². The summed E-state index contributed by atoms with van der Waals surface area (Å²) in [5, 5.41) is 2.51. The third-order valence-corrected chi connectivity index (χ3v) is 3.91. The average molecular weight is 347 g/mol. The molecule has 1 aliphatic heterocycles. The highest BCUT2D eigenvalue weighted by Crippen LogP contribution is 2.24. The maximum Gasteiger partial charge on any atom is 0.255 e. The second-order valence-corrected chi connectivity index (χ2v) is 5.66. The van der Waals surface area contributed by atoms with E-state index in [-0.39, 0.29) is 29.7 Å². The summed E-state index contributed by atoms with van der Waals surface area (Å²) in [4.78, 5) is 36.7. The number of hydrogen-bond acceptors (Lipinski definition) is 3. The highest BCUT2D eigenvalue weighted by atomic mass is 35.5. The van der Waals surface area contributed by atoms with E-state index in [4.69, 9.17) is 11.6 Å². The Hall–Kier alpha value is -2.73. The maximum atomic E-state index is 13.1. The lowest BCUT2D eigenvalue weighted by molar-refractivity contribution is -0.121. The van der Waals surface area contributed by atoms with Crippen molar-refractivity contribution in [2.75, 3.05) is 10.2 Å². The van der Waals surface area contributed by atoms with Gasteiger partial charge in [0.2, 0.25) is 11.8 Å². The van der Waals surface area contributed by atoms with Gasteiger partial charge in [-0.25, -0.2) is 4.39 Å². The van der Waals surface area contributed by atoms with Crippen LogP contribution >= 0.6 is 11.6 Å². The summed E-state index contributed by atoms with van der Waals surface area (Å²) >= 11 is 5.67. The molecule has 5 nitrogen and oxygen atoms in total. The zero-order chi connectivity index (χ0) is 17.3. The number of halogens is 2. The lowest BCUT2D eigenvalue weighted by atomic mass is 10.1. The topological polar surface area (TPSA) is 66.5 Å². The molecule has 3 rings (SSSR count). The summed E-state index contributed by atoms with van der Waals surface area (Å²) in [5.41, 5.74) is 1.13. The van der Waals surface area contributed by atoms with E-state index in [1.54, 1.807) is 0 Å². The number of anilines is 2. The summed E-state index contributed by atoms with van der Waals surface area (Å²) in [5.74, 6) is -1.49. The summed E-state index contributed by atoms with van der Waals surface area (Å²) in [6, 6.07) is 9.95. The third-order valence-electron chi connectivity index (χ3n) is 3.62. The molecule has 1 saturated heterocycles. The van der Waals surface area contributed by atoms with E-state index in [2.05, 4.69) is 5.32 Å². The van der Waals surface area contributed by atoms with E-state index in [1.165, 1.54) is 36.4 Å². The molecule has 0 aromatic heterocycles. The molecule has 24 heavy (non-hydrogen) atoms. The molecular weight excluding hydrogens is 335 g/mol. The number of carbonyl (C=O) groups is 3. The predicted molar refractivity (Wildman–Crippen MR) is 87.5 cm³/mol.